The zero-order chi connectivity index (χ0) is 15.5. The van der Waals surface area contributed by atoms with E-state index >= 15 is 0 Å². The number of nitrogens with one attached hydrogen (secondary N) is 1. The van der Waals surface area contributed by atoms with Crippen LogP contribution in [-0.4, -0.2) is 36.0 Å². The largest absolute Gasteiger partial charge is 0.314 e. The number of benzene rings is 1. The van der Waals surface area contributed by atoms with E-state index in [1.165, 1.54) is 12.1 Å². The Morgan fingerprint density at radius 2 is 2.09 bits per heavy atom. The van der Waals surface area contributed by atoms with Crippen molar-refractivity contribution in [3.63, 3.8) is 0 Å². The van der Waals surface area contributed by atoms with Gasteiger partial charge >= 0.3 is 5.69 Å². The van der Waals surface area contributed by atoms with Gasteiger partial charge in [-0.25, -0.2) is 0 Å². The van der Waals surface area contributed by atoms with Gasteiger partial charge in [0, 0.05) is 37.1 Å². The van der Waals surface area contributed by atoms with Gasteiger partial charge in [-0.15, -0.1) is 11.3 Å². The fraction of sp³-hybridized carbons (Fsp3) is 0.333. The first-order chi connectivity index (χ1) is 10.7. The Hall–Kier alpha value is -1.83. The third-order valence-electron chi connectivity index (χ3n) is 3.81. The first-order valence-electron chi connectivity index (χ1n) is 7.09. The second-order valence-corrected chi connectivity index (χ2v) is 6.15. The fourth-order valence-electron chi connectivity index (χ4n) is 2.78. The highest BCUT2D eigenvalue weighted by Gasteiger charge is 2.27. The van der Waals surface area contributed by atoms with Crippen molar-refractivity contribution in [2.75, 3.05) is 26.2 Å². The van der Waals surface area contributed by atoms with Crippen LogP contribution in [0.15, 0.2) is 35.7 Å². The lowest BCUT2D eigenvalue weighted by atomic mass is 10.0. The Balaban J connectivity index is 2.02. The molecule has 7 heteroatoms. The predicted molar refractivity (Wildman–Crippen MR) is 83.7 cm³/mol. The summed E-state index contributed by atoms with van der Waals surface area (Å²) < 4.78 is 13.6. The molecular formula is C15H16FN3O2S. The van der Waals surface area contributed by atoms with Crippen LogP contribution in [0, 0.1) is 15.9 Å². The molecule has 0 aliphatic carbocycles. The molecule has 0 unspecified atom stereocenters. The van der Waals surface area contributed by atoms with Gasteiger partial charge in [-0.1, -0.05) is 12.1 Å². The molecule has 0 spiro atoms. The Morgan fingerprint density at radius 1 is 1.32 bits per heavy atom. The summed E-state index contributed by atoms with van der Waals surface area (Å²) >= 11 is 1.61. The van der Waals surface area contributed by atoms with Crippen molar-refractivity contribution in [1.82, 2.24) is 10.2 Å². The van der Waals surface area contributed by atoms with Crippen molar-refractivity contribution >= 4 is 17.0 Å². The number of nitro groups is 1. The van der Waals surface area contributed by atoms with Crippen LogP contribution in [0.4, 0.5) is 10.1 Å². The van der Waals surface area contributed by atoms with Crippen molar-refractivity contribution in [3.05, 3.63) is 62.1 Å². The molecule has 1 atom stereocenters. The maximum atomic E-state index is 13.6. The molecule has 1 aromatic carbocycles. The second kappa shape index (κ2) is 6.51. The third kappa shape index (κ3) is 3.01. The van der Waals surface area contributed by atoms with Gasteiger partial charge in [0.05, 0.1) is 11.0 Å². The van der Waals surface area contributed by atoms with Crippen molar-refractivity contribution in [3.8, 4) is 0 Å². The number of hydrogen-bond donors (Lipinski definition) is 1. The smallest absolute Gasteiger partial charge is 0.305 e. The minimum atomic E-state index is -0.793. The Morgan fingerprint density at radius 3 is 2.73 bits per heavy atom. The summed E-state index contributed by atoms with van der Waals surface area (Å²) in [6.07, 6.45) is 0. The molecular weight excluding hydrogens is 305 g/mol. The van der Waals surface area contributed by atoms with E-state index in [0.717, 1.165) is 36.6 Å². The summed E-state index contributed by atoms with van der Waals surface area (Å²) in [4.78, 5) is 13.7. The molecule has 1 aliphatic heterocycles. The molecule has 0 saturated carbocycles. The first-order valence-corrected chi connectivity index (χ1v) is 7.97. The quantitative estimate of drug-likeness (QED) is 0.695. The van der Waals surface area contributed by atoms with Crippen molar-refractivity contribution in [2.24, 2.45) is 0 Å². The van der Waals surface area contributed by atoms with E-state index in [1.807, 2.05) is 17.5 Å². The SMILES string of the molecule is O=[N+]([O-])c1cc([C@H](c2cccs2)N2CCNCC2)ccc1F. The standard InChI is InChI=1S/C15H16FN3O2S/c16-12-4-3-11(10-13(12)19(20)21)15(14-2-1-9-22-14)18-7-5-17-6-8-18/h1-4,9-10,15,17H,5-8H2/t15-/m1/s1. The summed E-state index contributed by atoms with van der Waals surface area (Å²) in [5.74, 6) is -0.793. The molecule has 0 radical (unpaired) electrons. The molecule has 5 nitrogen and oxygen atoms in total. The Kier molecular flexibility index (Phi) is 4.47. The average molecular weight is 321 g/mol. The minimum Gasteiger partial charge on any atom is -0.314 e. The van der Waals surface area contributed by atoms with E-state index in [9.17, 15) is 14.5 Å². The number of halogens is 1. The lowest BCUT2D eigenvalue weighted by Gasteiger charge is -2.34. The number of nitrogens with zero attached hydrogens (tertiary/aromatic N) is 2. The fourth-order valence-corrected chi connectivity index (χ4v) is 3.67. The molecule has 1 aromatic heterocycles. The van der Waals surface area contributed by atoms with Gasteiger partial charge < -0.3 is 5.32 Å². The maximum Gasteiger partial charge on any atom is 0.305 e. The Labute approximate surface area is 131 Å². The van der Waals surface area contributed by atoms with Crippen molar-refractivity contribution < 1.29 is 9.31 Å². The number of rotatable bonds is 4. The number of piperazine rings is 1. The highest BCUT2D eigenvalue weighted by Crippen LogP contribution is 2.34. The molecule has 116 valence electrons. The van der Waals surface area contributed by atoms with Gasteiger partial charge in [0.25, 0.3) is 0 Å². The molecule has 0 amide bonds. The number of hydrogen-bond acceptors (Lipinski definition) is 5. The van der Waals surface area contributed by atoms with Gasteiger partial charge in [0.15, 0.2) is 0 Å². The third-order valence-corrected chi connectivity index (χ3v) is 4.74. The van der Waals surface area contributed by atoms with Crippen LogP contribution in [0.3, 0.4) is 0 Å². The minimum absolute atomic E-state index is 0.0681. The lowest BCUT2D eigenvalue weighted by Crippen LogP contribution is -2.45. The van der Waals surface area contributed by atoms with E-state index in [4.69, 9.17) is 0 Å². The van der Waals surface area contributed by atoms with Crippen LogP contribution in [0.25, 0.3) is 0 Å². The van der Waals surface area contributed by atoms with Crippen LogP contribution in [0.1, 0.15) is 16.5 Å². The van der Waals surface area contributed by atoms with Crippen LogP contribution in [-0.2, 0) is 0 Å². The molecule has 1 N–H and O–H groups in total. The second-order valence-electron chi connectivity index (χ2n) is 5.17. The predicted octanol–water partition coefficient (Wildman–Crippen LogP) is 2.79. The molecule has 3 rings (SSSR count). The van der Waals surface area contributed by atoms with Crippen molar-refractivity contribution in [2.45, 2.75) is 6.04 Å². The highest BCUT2D eigenvalue weighted by atomic mass is 32.1. The zero-order valence-electron chi connectivity index (χ0n) is 11.9. The zero-order valence-corrected chi connectivity index (χ0v) is 12.7. The lowest BCUT2D eigenvalue weighted by molar-refractivity contribution is -0.387. The molecule has 22 heavy (non-hydrogen) atoms. The summed E-state index contributed by atoms with van der Waals surface area (Å²) in [5, 5.41) is 16.3. The Bertz CT molecular complexity index is 657. The topological polar surface area (TPSA) is 58.4 Å². The molecule has 1 fully saturated rings. The monoisotopic (exact) mass is 321 g/mol. The maximum absolute atomic E-state index is 13.6. The van der Waals surface area contributed by atoms with Gasteiger partial charge in [-0.05, 0) is 23.1 Å². The molecule has 2 aromatic rings. The first kappa shape index (κ1) is 15.1. The van der Waals surface area contributed by atoms with Crippen LogP contribution < -0.4 is 5.32 Å². The van der Waals surface area contributed by atoms with Crippen LogP contribution in [0.5, 0.6) is 0 Å². The van der Waals surface area contributed by atoms with Crippen LogP contribution >= 0.6 is 11.3 Å². The summed E-state index contributed by atoms with van der Waals surface area (Å²) in [6.45, 7) is 3.47. The van der Waals surface area contributed by atoms with Gasteiger partial charge in [0.1, 0.15) is 0 Å². The molecule has 1 saturated heterocycles. The normalized spacial score (nSPS) is 17.3. The van der Waals surface area contributed by atoms with Gasteiger partial charge in [0.2, 0.25) is 5.82 Å². The number of thiophene rings is 1. The van der Waals surface area contributed by atoms with Crippen LogP contribution in [0.2, 0.25) is 0 Å². The van der Waals surface area contributed by atoms with Gasteiger partial charge in [-0.3, -0.25) is 15.0 Å². The summed E-state index contributed by atoms with van der Waals surface area (Å²) in [7, 11) is 0. The summed E-state index contributed by atoms with van der Waals surface area (Å²) in [6, 6.07) is 8.12. The van der Waals surface area contributed by atoms with E-state index in [0.29, 0.717) is 0 Å². The van der Waals surface area contributed by atoms with E-state index in [-0.39, 0.29) is 6.04 Å². The van der Waals surface area contributed by atoms with E-state index < -0.39 is 16.4 Å². The molecule has 1 aliphatic rings. The summed E-state index contributed by atoms with van der Waals surface area (Å²) in [5.41, 5.74) is 0.298. The van der Waals surface area contributed by atoms with Crippen molar-refractivity contribution in [1.29, 1.82) is 0 Å². The van der Waals surface area contributed by atoms with E-state index in [1.54, 1.807) is 17.4 Å². The molecule has 0 bridgehead atoms. The van der Waals surface area contributed by atoms with Gasteiger partial charge in [-0.2, -0.15) is 4.39 Å². The highest BCUT2D eigenvalue weighted by molar-refractivity contribution is 7.10. The van der Waals surface area contributed by atoms with E-state index in [2.05, 4.69) is 10.2 Å². The number of nitro benzene ring substituents is 1. The average Bonchev–Trinajstić information content (AvgIpc) is 3.04. The molecule has 2 heterocycles.